The van der Waals surface area contributed by atoms with Crippen LogP contribution in [0, 0.1) is 6.42 Å². The van der Waals surface area contributed by atoms with Crippen molar-refractivity contribution in [3.8, 4) is 0 Å². The molecule has 1 aromatic rings. The molecule has 0 saturated carbocycles. The molecule has 3 N–H and O–H groups in total. The molecule has 2 rings (SSSR count). The Kier molecular flexibility index (Phi) is 6.93. The van der Waals surface area contributed by atoms with Crippen molar-refractivity contribution >= 4 is 35.0 Å². The minimum atomic E-state index is -0.467. The summed E-state index contributed by atoms with van der Waals surface area (Å²) in [5, 5.41) is 2.84. The number of ether oxygens (including phenoxy) is 1. The minimum Gasteiger partial charge on any atom is -0.372 e. The Bertz CT molecular complexity index is 555. The van der Waals surface area contributed by atoms with Crippen LogP contribution in [0.25, 0.3) is 0 Å². The van der Waals surface area contributed by atoms with Crippen LogP contribution in [-0.2, 0) is 14.3 Å². The number of carbonyl (C=O) groups excluding carboxylic acids is 2. The number of amides is 2. The molecule has 1 fully saturated rings. The van der Waals surface area contributed by atoms with Crippen molar-refractivity contribution in [2.45, 2.75) is 26.1 Å². The summed E-state index contributed by atoms with van der Waals surface area (Å²) in [5.41, 5.74) is 6.89. The number of morpholine rings is 1. The molecule has 6 nitrogen and oxygen atoms in total. The van der Waals surface area contributed by atoms with E-state index in [9.17, 15) is 9.59 Å². The third kappa shape index (κ3) is 6.05. The van der Waals surface area contributed by atoms with Crippen molar-refractivity contribution in [2.75, 3.05) is 34.8 Å². The van der Waals surface area contributed by atoms with Crippen LogP contribution in [0.4, 0.5) is 11.4 Å². The average Bonchev–Trinajstić information content (AvgIpc) is 2.51. The minimum absolute atomic E-state index is 0.0979. The van der Waals surface area contributed by atoms with Crippen molar-refractivity contribution in [2.24, 2.45) is 5.73 Å². The maximum absolute atomic E-state index is 11.8. The zero-order valence-electron chi connectivity index (χ0n) is 14.0. The first-order valence-corrected chi connectivity index (χ1v) is 9.10. The summed E-state index contributed by atoms with van der Waals surface area (Å²) in [6.45, 7) is 5.88. The smallest absolute Gasteiger partial charge is 0.234 e. The highest BCUT2D eigenvalue weighted by Gasteiger charge is 2.22. The Morgan fingerprint density at radius 3 is 2.50 bits per heavy atom. The number of nitrogens with one attached hydrogen (secondary N) is 1. The topological polar surface area (TPSA) is 84.7 Å². The van der Waals surface area contributed by atoms with E-state index in [1.807, 2.05) is 24.3 Å². The second kappa shape index (κ2) is 8.94. The lowest BCUT2D eigenvalue weighted by Gasteiger charge is -2.36. The zero-order chi connectivity index (χ0) is 17.5. The molecule has 24 heavy (non-hydrogen) atoms. The fourth-order valence-electron chi connectivity index (χ4n) is 2.63. The largest absolute Gasteiger partial charge is 0.372 e. The van der Waals surface area contributed by atoms with Crippen LogP contribution in [0.15, 0.2) is 24.3 Å². The first-order valence-electron chi connectivity index (χ1n) is 7.94. The summed E-state index contributed by atoms with van der Waals surface area (Å²) in [4.78, 5) is 24.7. The molecular formula is C17H24N3O3S. The van der Waals surface area contributed by atoms with Crippen LogP contribution >= 0.6 is 11.8 Å². The van der Waals surface area contributed by atoms with E-state index in [1.165, 1.54) is 18.2 Å². The molecule has 1 aromatic carbocycles. The Morgan fingerprint density at radius 2 is 1.92 bits per heavy atom. The van der Waals surface area contributed by atoms with E-state index in [2.05, 4.69) is 24.1 Å². The molecule has 1 heterocycles. The van der Waals surface area contributed by atoms with Gasteiger partial charge in [0.1, 0.15) is 0 Å². The highest BCUT2D eigenvalue weighted by molar-refractivity contribution is 8.00. The van der Waals surface area contributed by atoms with Gasteiger partial charge >= 0.3 is 0 Å². The highest BCUT2D eigenvalue weighted by atomic mass is 32.2. The van der Waals surface area contributed by atoms with E-state index in [0.717, 1.165) is 24.5 Å². The fourth-order valence-corrected chi connectivity index (χ4v) is 3.29. The van der Waals surface area contributed by atoms with Gasteiger partial charge in [-0.3, -0.25) is 9.59 Å². The standard InChI is InChI=1S/C17H24N3O3S/c1-12-9-20(10-13(2)23-12)15-5-3-14(4-6-15)19-17(22)11-24-8-7-16(18)21/h3-7,12-13H,8-11H2,1-2H3,(H2,18,21)(H,19,22). The molecule has 2 unspecified atom stereocenters. The lowest BCUT2D eigenvalue weighted by molar-refractivity contribution is -0.115. The third-order valence-corrected chi connectivity index (χ3v) is 4.44. The molecule has 2 amide bonds. The third-order valence-electron chi connectivity index (χ3n) is 3.57. The summed E-state index contributed by atoms with van der Waals surface area (Å²) < 4.78 is 5.74. The number of nitrogens with zero attached hydrogens (tertiary/aromatic N) is 1. The van der Waals surface area contributed by atoms with Crippen LogP contribution < -0.4 is 16.0 Å². The van der Waals surface area contributed by atoms with Crippen LogP contribution in [0.1, 0.15) is 13.8 Å². The predicted molar refractivity (Wildman–Crippen MR) is 98.1 cm³/mol. The summed E-state index contributed by atoms with van der Waals surface area (Å²) in [5.74, 6) is 0.156. The first-order chi connectivity index (χ1) is 11.4. The van der Waals surface area contributed by atoms with E-state index >= 15 is 0 Å². The summed E-state index contributed by atoms with van der Waals surface area (Å²) >= 11 is 1.34. The van der Waals surface area contributed by atoms with Crippen molar-refractivity contribution in [1.82, 2.24) is 0 Å². The van der Waals surface area contributed by atoms with Crippen molar-refractivity contribution in [1.29, 1.82) is 0 Å². The molecule has 0 spiro atoms. The van der Waals surface area contributed by atoms with Crippen LogP contribution in [-0.4, -0.2) is 48.6 Å². The second-order valence-corrected chi connectivity index (χ2v) is 6.91. The van der Waals surface area contributed by atoms with Crippen molar-refractivity contribution in [3.05, 3.63) is 30.7 Å². The normalized spacial score (nSPS) is 20.7. The Hall–Kier alpha value is -1.73. The SMILES string of the molecule is CC1CN(c2ccc(NC(=O)CSC[CH]C(N)=O)cc2)CC(C)O1. The number of primary amides is 1. The molecule has 2 atom stereocenters. The number of hydrogen-bond acceptors (Lipinski definition) is 5. The molecule has 1 aliphatic rings. The summed E-state index contributed by atoms with van der Waals surface area (Å²) in [6, 6.07) is 7.82. The maximum Gasteiger partial charge on any atom is 0.234 e. The number of anilines is 2. The molecular weight excluding hydrogens is 326 g/mol. The number of carbonyl (C=O) groups is 2. The van der Waals surface area contributed by atoms with Gasteiger partial charge in [0.15, 0.2) is 0 Å². The first kappa shape index (κ1) is 18.6. The summed E-state index contributed by atoms with van der Waals surface area (Å²) in [6.07, 6.45) is 1.78. The van der Waals surface area contributed by atoms with E-state index in [-0.39, 0.29) is 23.9 Å². The monoisotopic (exact) mass is 350 g/mol. The van der Waals surface area contributed by atoms with Gasteiger partial charge in [-0.15, -0.1) is 0 Å². The van der Waals surface area contributed by atoms with Gasteiger partial charge in [0, 0.05) is 30.2 Å². The Balaban J connectivity index is 1.81. The number of thioether (sulfide) groups is 1. The quantitative estimate of drug-likeness (QED) is 0.731. The molecule has 0 aliphatic carbocycles. The number of benzene rings is 1. The molecule has 0 aromatic heterocycles. The van der Waals surface area contributed by atoms with Crippen LogP contribution in [0.5, 0.6) is 0 Å². The van der Waals surface area contributed by atoms with Gasteiger partial charge in [-0.05, 0) is 38.1 Å². The molecule has 7 heteroatoms. The molecule has 1 aliphatic heterocycles. The molecule has 0 bridgehead atoms. The van der Waals surface area contributed by atoms with E-state index < -0.39 is 5.91 Å². The van der Waals surface area contributed by atoms with Gasteiger partial charge < -0.3 is 20.7 Å². The van der Waals surface area contributed by atoms with Crippen molar-refractivity contribution < 1.29 is 14.3 Å². The zero-order valence-corrected chi connectivity index (χ0v) is 14.8. The van der Waals surface area contributed by atoms with Gasteiger partial charge in [-0.25, -0.2) is 0 Å². The molecule has 1 saturated heterocycles. The predicted octanol–water partition coefficient (Wildman–Crippen LogP) is 1.66. The fraction of sp³-hybridized carbons (Fsp3) is 0.471. The Labute approximate surface area is 147 Å². The molecule has 1 radical (unpaired) electrons. The van der Waals surface area contributed by atoms with Gasteiger partial charge in [-0.2, -0.15) is 11.8 Å². The van der Waals surface area contributed by atoms with E-state index in [1.54, 1.807) is 0 Å². The lowest BCUT2D eigenvalue weighted by atomic mass is 10.2. The number of rotatable bonds is 7. The maximum atomic E-state index is 11.8. The van der Waals surface area contributed by atoms with Gasteiger partial charge in [0.05, 0.1) is 24.4 Å². The van der Waals surface area contributed by atoms with Crippen LogP contribution in [0.3, 0.4) is 0 Å². The van der Waals surface area contributed by atoms with E-state index in [0.29, 0.717) is 5.75 Å². The second-order valence-electron chi connectivity index (χ2n) is 5.88. The van der Waals surface area contributed by atoms with E-state index in [4.69, 9.17) is 10.5 Å². The highest BCUT2D eigenvalue weighted by Crippen LogP contribution is 2.22. The Morgan fingerprint density at radius 1 is 1.29 bits per heavy atom. The summed E-state index contributed by atoms with van der Waals surface area (Å²) in [7, 11) is 0. The van der Waals surface area contributed by atoms with Crippen molar-refractivity contribution in [3.63, 3.8) is 0 Å². The van der Waals surface area contributed by atoms with Crippen LogP contribution in [0.2, 0.25) is 0 Å². The molecule has 131 valence electrons. The lowest BCUT2D eigenvalue weighted by Crippen LogP contribution is -2.45. The van der Waals surface area contributed by atoms with Gasteiger partial charge in [-0.1, -0.05) is 0 Å². The van der Waals surface area contributed by atoms with Gasteiger partial charge in [0.2, 0.25) is 11.8 Å². The number of hydrogen-bond donors (Lipinski definition) is 2. The average molecular weight is 350 g/mol. The van der Waals surface area contributed by atoms with Gasteiger partial charge in [0.25, 0.3) is 0 Å². The number of nitrogens with two attached hydrogens (primary N) is 1.